The van der Waals surface area contributed by atoms with E-state index >= 15 is 0 Å². The summed E-state index contributed by atoms with van der Waals surface area (Å²) in [7, 11) is 0. The summed E-state index contributed by atoms with van der Waals surface area (Å²) in [5.74, 6) is -0.264. The van der Waals surface area contributed by atoms with Crippen molar-refractivity contribution in [3.63, 3.8) is 0 Å². The van der Waals surface area contributed by atoms with Crippen LogP contribution >= 0.6 is 0 Å². The lowest BCUT2D eigenvalue weighted by Gasteiger charge is -2.08. The van der Waals surface area contributed by atoms with Crippen molar-refractivity contribution < 1.29 is 9.90 Å². The second-order valence-electron chi connectivity index (χ2n) is 4.60. The molecule has 1 unspecified atom stereocenters. The molecule has 1 amide bonds. The Kier molecular flexibility index (Phi) is 3.80. The minimum atomic E-state index is -0.526. The number of nitrogens with zero attached hydrogens (tertiary/aromatic N) is 3. The van der Waals surface area contributed by atoms with Gasteiger partial charge in [-0.25, -0.2) is 9.50 Å². The highest BCUT2D eigenvalue weighted by Crippen LogP contribution is 2.11. The first-order chi connectivity index (χ1) is 9.02. The molecular formula is C13H18N4O2. The van der Waals surface area contributed by atoms with Crippen molar-refractivity contribution in [2.24, 2.45) is 0 Å². The summed E-state index contributed by atoms with van der Waals surface area (Å²) in [4.78, 5) is 16.4. The molecule has 0 aliphatic carbocycles. The summed E-state index contributed by atoms with van der Waals surface area (Å²) in [6.07, 6.45) is 1.58. The maximum absolute atomic E-state index is 12.0. The Morgan fingerprint density at radius 3 is 2.95 bits per heavy atom. The molecule has 2 rings (SSSR count). The molecule has 6 nitrogen and oxygen atoms in total. The Hall–Kier alpha value is -1.95. The van der Waals surface area contributed by atoms with Crippen LogP contribution in [0.1, 0.15) is 35.1 Å². The Labute approximate surface area is 111 Å². The van der Waals surface area contributed by atoms with Crippen LogP contribution in [0, 0.1) is 13.8 Å². The smallest absolute Gasteiger partial charge is 0.256 e. The topological polar surface area (TPSA) is 79.5 Å². The van der Waals surface area contributed by atoms with E-state index in [1.807, 2.05) is 26.8 Å². The SMILES string of the molecule is CCC(O)CNC(=O)c1cnn2c(C)cc(C)nc12. The molecule has 19 heavy (non-hydrogen) atoms. The fourth-order valence-corrected chi connectivity index (χ4v) is 1.88. The first-order valence-corrected chi connectivity index (χ1v) is 6.31. The molecule has 0 aliphatic rings. The number of nitrogens with one attached hydrogen (secondary N) is 1. The molecule has 0 radical (unpaired) electrons. The van der Waals surface area contributed by atoms with E-state index in [0.29, 0.717) is 17.6 Å². The monoisotopic (exact) mass is 262 g/mol. The molecule has 0 bridgehead atoms. The molecule has 2 heterocycles. The largest absolute Gasteiger partial charge is 0.391 e. The molecule has 0 saturated heterocycles. The molecule has 2 N–H and O–H groups in total. The van der Waals surface area contributed by atoms with E-state index in [9.17, 15) is 9.90 Å². The number of aliphatic hydroxyl groups is 1. The Morgan fingerprint density at radius 2 is 2.26 bits per heavy atom. The number of aromatic nitrogens is 3. The Bertz CT molecular complexity index is 606. The third-order valence-corrected chi connectivity index (χ3v) is 2.99. The summed E-state index contributed by atoms with van der Waals surface area (Å²) in [5.41, 5.74) is 2.74. The van der Waals surface area contributed by atoms with Gasteiger partial charge in [0.25, 0.3) is 5.91 Å². The van der Waals surface area contributed by atoms with Gasteiger partial charge in [0.2, 0.25) is 0 Å². The third kappa shape index (κ3) is 2.73. The summed E-state index contributed by atoms with van der Waals surface area (Å²) in [6, 6.07) is 1.91. The van der Waals surface area contributed by atoms with E-state index in [4.69, 9.17) is 0 Å². The molecule has 1 atom stereocenters. The zero-order valence-electron chi connectivity index (χ0n) is 11.3. The first kappa shape index (κ1) is 13.5. The number of carbonyl (C=O) groups excluding carboxylic acids is 1. The molecule has 2 aromatic heterocycles. The van der Waals surface area contributed by atoms with Gasteiger partial charge in [-0.2, -0.15) is 5.10 Å². The van der Waals surface area contributed by atoms with Gasteiger partial charge in [0, 0.05) is 17.9 Å². The van der Waals surface area contributed by atoms with Crippen LogP contribution < -0.4 is 5.32 Å². The summed E-state index contributed by atoms with van der Waals surface area (Å²) in [6.45, 7) is 5.89. The highest BCUT2D eigenvalue weighted by Gasteiger charge is 2.15. The molecule has 0 aliphatic heterocycles. The molecule has 0 fully saturated rings. The maximum Gasteiger partial charge on any atom is 0.256 e. The maximum atomic E-state index is 12.0. The number of fused-ring (bicyclic) bond motifs is 1. The quantitative estimate of drug-likeness (QED) is 0.856. The van der Waals surface area contributed by atoms with E-state index < -0.39 is 6.10 Å². The minimum Gasteiger partial charge on any atom is -0.391 e. The number of hydrogen-bond acceptors (Lipinski definition) is 4. The van der Waals surface area contributed by atoms with Gasteiger partial charge in [-0.15, -0.1) is 0 Å². The highest BCUT2D eigenvalue weighted by molar-refractivity contribution is 5.99. The van der Waals surface area contributed by atoms with Crippen molar-refractivity contribution in [3.05, 3.63) is 29.2 Å². The van der Waals surface area contributed by atoms with Gasteiger partial charge in [-0.3, -0.25) is 4.79 Å². The molecule has 102 valence electrons. The number of rotatable bonds is 4. The van der Waals surface area contributed by atoms with Crippen LogP contribution in [-0.4, -0.2) is 38.3 Å². The second kappa shape index (κ2) is 5.36. The van der Waals surface area contributed by atoms with Crippen LogP contribution in [0.15, 0.2) is 12.3 Å². The van der Waals surface area contributed by atoms with E-state index in [1.165, 1.54) is 6.20 Å². The predicted molar refractivity (Wildman–Crippen MR) is 71.1 cm³/mol. The van der Waals surface area contributed by atoms with E-state index in [0.717, 1.165) is 11.4 Å². The van der Waals surface area contributed by atoms with Gasteiger partial charge < -0.3 is 10.4 Å². The lowest BCUT2D eigenvalue weighted by Crippen LogP contribution is -2.31. The van der Waals surface area contributed by atoms with Crippen LogP contribution in [0.3, 0.4) is 0 Å². The van der Waals surface area contributed by atoms with E-state index in [-0.39, 0.29) is 12.5 Å². The van der Waals surface area contributed by atoms with Crippen LogP contribution in [0.2, 0.25) is 0 Å². The molecule has 0 spiro atoms. The third-order valence-electron chi connectivity index (χ3n) is 2.99. The van der Waals surface area contributed by atoms with Gasteiger partial charge in [0.15, 0.2) is 5.65 Å². The van der Waals surface area contributed by atoms with Gasteiger partial charge in [-0.1, -0.05) is 6.92 Å². The summed E-state index contributed by atoms with van der Waals surface area (Å²) < 4.78 is 1.64. The van der Waals surface area contributed by atoms with Crippen molar-refractivity contribution in [1.29, 1.82) is 0 Å². The van der Waals surface area contributed by atoms with Gasteiger partial charge in [0.1, 0.15) is 5.56 Å². The van der Waals surface area contributed by atoms with Gasteiger partial charge in [-0.05, 0) is 26.3 Å². The first-order valence-electron chi connectivity index (χ1n) is 6.31. The number of amides is 1. The standard InChI is InChI=1S/C13H18N4O2/c1-4-10(18)6-14-13(19)11-7-15-17-9(3)5-8(2)16-12(11)17/h5,7,10,18H,4,6H2,1-3H3,(H,14,19). The molecule has 0 aromatic carbocycles. The molecule has 6 heteroatoms. The van der Waals surface area contributed by atoms with Crippen LogP contribution in [0.25, 0.3) is 5.65 Å². The number of aryl methyl sites for hydroxylation is 2. The number of carbonyl (C=O) groups is 1. The normalized spacial score (nSPS) is 12.6. The molecular weight excluding hydrogens is 244 g/mol. The lowest BCUT2D eigenvalue weighted by molar-refractivity contribution is 0.0915. The van der Waals surface area contributed by atoms with Crippen LogP contribution in [-0.2, 0) is 0 Å². The van der Waals surface area contributed by atoms with Crippen molar-refractivity contribution in [2.45, 2.75) is 33.3 Å². The highest BCUT2D eigenvalue weighted by atomic mass is 16.3. The number of hydrogen-bond donors (Lipinski definition) is 2. The zero-order valence-corrected chi connectivity index (χ0v) is 11.3. The average molecular weight is 262 g/mol. The Balaban J connectivity index is 2.28. The zero-order chi connectivity index (χ0) is 14.0. The number of aliphatic hydroxyl groups excluding tert-OH is 1. The van der Waals surface area contributed by atoms with E-state index in [2.05, 4.69) is 15.4 Å². The predicted octanol–water partition coefficient (Wildman–Crippen LogP) is 0.847. The molecule has 0 saturated carbocycles. The minimum absolute atomic E-state index is 0.234. The van der Waals surface area contributed by atoms with Crippen LogP contribution in [0.5, 0.6) is 0 Å². The van der Waals surface area contributed by atoms with Crippen LogP contribution in [0.4, 0.5) is 0 Å². The van der Waals surface area contributed by atoms with Crippen molar-refractivity contribution in [2.75, 3.05) is 6.54 Å². The summed E-state index contributed by atoms with van der Waals surface area (Å²) in [5, 5.41) is 16.3. The van der Waals surface area contributed by atoms with Crippen molar-refractivity contribution >= 4 is 11.6 Å². The Morgan fingerprint density at radius 1 is 1.53 bits per heavy atom. The second-order valence-corrected chi connectivity index (χ2v) is 4.60. The summed E-state index contributed by atoms with van der Waals surface area (Å²) >= 11 is 0. The van der Waals surface area contributed by atoms with E-state index in [1.54, 1.807) is 4.52 Å². The van der Waals surface area contributed by atoms with Gasteiger partial charge >= 0.3 is 0 Å². The average Bonchev–Trinajstić information content (AvgIpc) is 2.79. The van der Waals surface area contributed by atoms with Crippen molar-refractivity contribution in [3.8, 4) is 0 Å². The van der Waals surface area contributed by atoms with Gasteiger partial charge in [0.05, 0.1) is 12.3 Å². The van der Waals surface area contributed by atoms with Crippen molar-refractivity contribution in [1.82, 2.24) is 19.9 Å². The molecule has 2 aromatic rings. The fraction of sp³-hybridized carbons (Fsp3) is 0.462. The lowest BCUT2D eigenvalue weighted by atomic mass is 10.2. The fourth-order valence-electron chi connectivity index (χ4n) is 1.88.